The number of piperidine rings is 1. The van der Waals surface area contributed by atoms with Gasteiger partial charge >= 0.3 is 0 Å². The van der Waals surface area contributed by atoms with Crippen molar-refractivity contribution < 1.29 is 0 Å². The molecule has 0 aromatic heterocycles. The van der Waals surface area contributed by atoms with Gasteiger partial charge in [0.25, 0.3) is 0 Å². The molecule has 0 aromatic carbocycles. The maximum Gasteiger partial charge on any atom is 0.0243 e. The molecule has 0 bridgehead atoms. The van der Waals surface area contributed by atoms with Gasteiger partial charge in [-0.05, 0) is 37.8 Å². The molecule has 0 aliphatic carbocycles. The van der Waals surface area contributed by atoms with Gasteiger partial charge in [-0.15, -0.1) is 0 Å². The number of hydrogen-bond acceptors (Lipinski definition) is 2. The number of hydrogen-bond donors (Lipinski definition) is 1. The molecule has 0 radical (unpaired) electrons. The Hall–Kier alpha value is -0.0800. The molecule has 16 heavy (non-hydrogen) atoms. The van der Waals surface area contributed by atoms with Gasteiger partial charge in [0.15, 0.2) is 0 Å². The van der Waals surface area contributed by atoms with Crippen molar-refractivity contribution in [1.82, 2.24) is 10.2 Å². The van der Waals surface area contributed by atoms with E-state index in [0.29, 0.717) is 6.04 Å². The highest BCUT2D eigenvalue weighted by Gasteiger charge is 2.25. The predicted octanol–water partition coefficient (Wildman–Crippen LogP) is 2.74. The minimum Gasteiger partial charge on any atom is -0.313 e. The summed E-state index contributed by atoms with van der Waals surface area (Å²) in [6.45, 7) is 15.3. The van der Waals surface area contributed by atoms with Gasteiger partial charge in [-0.2, -0.15) is 0 Å². The van der Waals surface area contributed by atoms with E-state index in [1.165, 1.54) is 25.9 Å². The van der Waals surface area contributed by atoms with E-state index < -0.39 is 0 Å². The molecule has 1 atom stereocenters. The van der Waals surface area contributed by atoms with Gasteiger partial charge in [0, 0.05) is 18.6 Å². The van der Waals surface area contributed by atoms with Crippen molar-refractivity contribution in [1.29, 1.82) is 0 Å². The van der Waals surface area contributed by atoms with Gasteiger partial charge in [0.2, 0.25) is 0 Å². The lowest BCUT2D eigenvalue weighted by Crippen LogP contribution is -2.49. The van der Waals surface area contributed by atoms with Crippen LogP contribution in [0, 0.1) is 11.8 Å². The first-order chi connectivity index (χ1) is 7.50. The molecule has 1 unspecified atom stereocenters. The van der Waals surface area contributed by atoms with Gasteiger partial charge in [-0.3, -0.25) is 4.90 Å². The highest BCUT2D eigenvalue weighted by molar-refractivity contribution is 4.81. The normalized spacial score (nSPS) is 21.9. The fraction of sp³-hybridized carbons (Fsp3) is 1.00. The lowest BCUT2D eigenvalue weighted by molar-refractivity contribution is 0.105. The fourth-order valence-corrected chi connectivity index (χ4v) is 2.50. The van der Waals surface area contributed by atoms with E-state index in [2.05, 4.69) is 44.8 Å². The molecule has 1 N–H and O–H groups in total. The highest BCUT2D eigenvalue weighted by Crippen LogP contribution is 2.21. The van der Waals surface area contributed by atoms with E-state index >= 15 is 0 Å². The summed E-state index contributed by atoms with van der Waals surface area (Å²) in [7, 11) is 0. The van der Waals surface area contributed by atoms with Crippen LogP contribution in [0.15, 0.2) is 0 Å². The van der Waals surface area contributed by atoms with Gasteiger partial charge in [0.1, 0.15) is 0 Å². The number of nitrogens with one attached hydrogen (secondary N) is 1. The quantitative estimate of drug-likeness (QED) is 0.775. The zero-order valence-electron chi connectivity index (χ0n) is 11.8. The summed E-state index contributed by atoms with van der Waals surface area (Å²) in [5.74, 6) is 1.68. The van der Waals surface area contributed by atoms with Crippen molar-refractivity contribution in [3.05, 3.63) is 0 Å². The average molecular weight is 226 g/mol. The summed E-state index contributed by atoms with van der Waals surface area (Å²) >= 11 is 0. The van der Waals surface area contributed by atoms with E-state index in [1.807, 2.05) is 0 Å². The van der Waals surface area contributed by atoms with E-state index in [1.54, 1.807) is 0 Å². The monoisotopic (exact) mass is 226 g/mol. The molecular weight excluding hydrogens is 196 g/mol. The van der Waals surface area contributed by atoms with Gasteiger partial charge in [-0.1, -0.05) is 34.6 Å². The Morgan fingerprint density at radius 2 is 1.69 bits per heavy atom. The zero-order chi connectivity index (χ0) is 12.1. The maximum atomic E-state index is 3.59. The molecule has 0 saturated carbocycles. The van der Waals surface area contributed by atoms with Crippen LogP contribution in [0.4, 0.5) is 0 Å². The maximum absolute atomic E-state index is 3.59. The van der Waals surface area contributed by atoms with Crippen LogP contribution < -0.4 is 5.32 Å². The van der Waals surface area contributed by atoms with Crippen LogP contribution in [0.5, 0.6) is 0 Å². The van der Waals surface area contributed by atoms with Crippen molar-refractivity contribution in [2.75, 3.05) is 19.6 Å². The minimum atomic E-state index is 0.602. The van der Waals surface area contributed by atoms with Crippen LogP contribution in [0.25, 0.3) is 0 Å². The smallest absolute Gasteiger partial charge is 0.0243 e. The van der Waals surface area contributed by atoms with E-state index in [0.717, 1.165) is 24.4 Å². The lowest BCUT2D eigenvalue weighted by Gasteiger charge is -2.39. The standard InChI is InChI=1S/C14H30N2/c1-11(2)14(10-15-12(3)4)16-8-6-13(5)7-9-16/h11-15H,6-10H2,1-5H3. The lowest BCUT2D eigenvalue weighted by atomic mass is 9.94. The van der Waals surface area contributed by atoms with Crippen molar-refractivity contribution in [2.45, 2.75) is 59.5 Å². The van der Waals surface area contributed by atoms with E-state index in [4.69, 9.17) is 0 Å². The second-order valence-electron chi connectivity index (χ2n) is 6.09. The molecule has 1 aliphatic rings. The molecule has 1 heterocycles. The van der Waals surface area contributed by atoms with E-state index in [9.17, 15) is 0 Å². The van der Waals surface area contributed by atoms with Crippen molar-refractivity contribution in [3.8, 4) is 0 Å². The number of likely N-dealkylation sites (tertiary alicyclic amines) is 1. The summed E-state index contributed by atoms with van der Waals surface area (Å²) in [5.41, 5.74) is 0. The van der Waals surface area contributed by atoms with E-state index in [-0.39, 0.29) is 0 Å². The molecule has 1 rings (SSSR count). The second-order valence-corrected chi connectivity index (χ2v) is 6.09. The fourth-order valence-electron chi connectivity index (χ4n) is 2.50. The third-order valence-electron chi connectivity index (χ3n) is 3.79. The summed E-state index contributed by atoms with van der Waals surface area (Å²) in [6, 6.07) is 1.32. The van der Waals surface area contributed by atoms with Crippen LogP contribution in [0.3, 0.4) is 0 Å². The highest BCUT2D eigenvalue weighted by atomic mass is 15.2. The largest absolute Gasteiger partial charge is 0.313 e. The Labute approximate surface area is 102 Å². The molecular formula is C14H30N2. The SMILES string of the molecule is CC1CCN(C(CNC(C)C)C(C)C)CC1. The molecule has 2 nitrogen and oxygen atoms in total. The average Bonchev–Trinajstić information content (AvgIpc) is 2.20. The van der Waals surface area contributed by atoms with Gasteiger partial charge < -0.3 is 5.32 Å². The Bertz CT molecular complexity index is 181. The molecule has 0 spiro atoms. The Morgan fingerprint density at radius 1 is 1.12 bits per heavy atom. The third-order valence-corrected chi connectivity index (χ3v) is 3.79. The molecule has 0 aromatic rings. The molecule has 0 amide bonds. The van der Waals surface area contributed by atoms with Gasteiger partial charge in [0.05, 0.1) is 0 Å². The predicted molar refractivity (Wildman–Crippen MR) is 71.7 cm³/mol. The Morgan fingerprint density at radius 3 is 2.12 bits per heavy atom. The second kappa shape index (κ2) is 6.61. The summed E-state index contributed by atoms with van der Waals surface area (Å²) in [6.07, 6.45) is 2.76. The third kappa shape index (κ3) is 4.42. The van der Waals surface area contributed by atoms with Crippen molar-refractivity contribution in [2.24, 2.45) is 11.8 Å². The first-order valence-electron chi connectivity index (χ1n) is 6.98. The molecule has 1 saturated heterocycles. The zero-order valence-corrected chi connectivity index (χ0v) is 11.8. The molecule has 96 valence electrons. The van der Waals surface area contributed by atoms with Crippen LogP contribution in [-0.2, 0) is 0 Å². The van der Waals surface area contributed by atoms with Crippen LogP contribution >= 0.6 is 0 Å². The van der Waals surface area contributed by atoms with Crippen LogP contribution in [0.1, 0.15) is 47.5 Å². The molecule has 2 heteroatoms. The minimum absolute atomic E-state index is 0.602. The van der Waals surface area contributed by atoms with Gasteiger partial charge in [-0.25, -0.2) is 0 Å². The summed E-state index contributed by atoms with van der Waals surface area (Å²) in [5, 5.41) is 3.59. The Balaban J connectivity index is 2.43. The van der Waals surface area contributed by atoms with Crippen molar-refractivity contribution >= 4 is 0 Å². The van der Waals surface area contributed by atoms with Crippen molar-refractivity contribution in [3.63, 3.8) is 0 Å². The van der Waals surface area contributed by atoms with Crippen LogP contribution in [-0.4, -0.2) is 36.6 Å². The topological polar surface area (TPSA) is 15.3 Å². The summed E-state index contributed by atoms with van der Waals surface area (Å²) < 4.78 is 0. The van der Waals surface area contributed by atoms with Crippen LogP contribution in [0.2, 0.25) is 0 Å². The molecule has 1 aliphatic heterocycles. The molecule has 1 fully saturated rings. The Kier molecular flexibility index (Phi) is 5.77. The number of rotatable bonds is 5. The first kappa shape index (κ1) is 14.0. The number of nitrogens with zero attached hydrogens (tertiary/aromatic N) is 1. The first-order valence-corrected chi connectivity index (χ1v) is 6.98. The summed E-state index contributed by atoms with van der Waals surface area (Å²) in [4.78, 5) is 2.69.